The van der Waals surface area contributed by atoms with Crippen LogP contribution in [0.3, 0.4) is 0 Å². The summed E-state index contributed by atoms with van der Waals surface area (Å²) in [4.78, 5) is 29.7. The van der Waals surface area contributed by atoms with Gasteiger partial charge in [-0.05, 0) is 165 Å². The first-order chi connectivity index (χ1) is 32.2. The molecular formula is C64H60N2O2. The van der Waals surface area contributed by atoms with Gasteiger partial charge >= 0.3 is 0 Å². The van der Waals surface area contributed by atoms with Crippen molar-refractivity contribution in [1.82, 2.24) is 8.80 Å². The van der Waals surface area contributed by atoms with E-state index in [1.54, 1.807) is 0 Å². The van der Waals surface area contributed by atoms with Crippen molar-refractivity contribution in [3.8, 4) is 0 Å². The van der Waals surface area contributed by atoms with Crippen LogP contribution < -0.4 is 0 Å². The van der Waals surface area contributed by atoms with Gasteiger partial charge in [-0.1, -0.05) is 106 Å². The topological polar surface area (TPSA) is 43.0 Å². The second kappa shape index (κ2) is 11.9. The highest BCUT2D eigenvalue weighted by atomic mass is 16.1. The quantitative estimate of drug-likeness (QED) is 0.152. The number of hydrogen-bond donors (Lipinski definition) is 0. The van der Waals surface area contributed by atoms with E-state index in [2.05, 4.69) is 163 Å². The first-order valence-electron chi connectivity index (χ1n) is 25.7. The number of nitrogens with zero attached hydrogens (tertiary/aromatic N) is 2. The zero-order valence-electron chi connectivity index (χ0n) is 41.5. The van der Waals surface area contributed by atoms with Crippen molar-refractivity contribution in [1.29, 1.82) is 0 Å². The molecule has 0 N–H and O–H groups in total. The largest absolute Gasteiger partial charge is 0.308 e. The number of aromatic nitrogens is 2. The average Bonchev–Trinajstić information content (AvgIpc) is 3.97. The van der Waals surface area contributed by atoms with Gasteiger partial charge in [-0.15, -0.1) is 0 Å². The minimum Gasteiger partial charge on any atom is -0.308 e. The molecule has 4 heterocycles. The molecule has 0 aliphatic heterocycles. The lowest BCUT2D eigenvalue weighted by atomic mass is 9.65. The Morgan fingerprint density at radius 3 is 1.10 bits per heavy atom. The molecule has 4 bridgehead atoms. The van der Waals surface area contributed by atoms with E-state index in [1.165, 1.54) is 109 Å². The Balaban J connectivity index is 1.14. The maximum Gasteiger partial charge on any atom is 0.169 e. The molecule has 0 radical (unpaired) electrons. The number of carbonyl (C=O) groups excluding carboxylic acids is 2. The normalized spacial score (nSPS) is 25.6. The van der Waals surface area contributed by atoms with Crippen LogP contribution in [0.4, 0.5) is 0 Å². The highest BCUT2D eigenvalue weighted by Crippen LogP contribution is 2.57. The molecule has 11 aromatic rings. The summed E-state index contributed by atoms with van der Waals surface area (Å²) in [7, 11) is 0. The molecule has 4 aromatic heterocycles. The van der Waals surface area contributed by atoms with Gasteiger partial charge < -0.3 is 8.80 Å². The zero-order valence-corrected chi connectivity index (χ0v) is 41.5. The minimum absolute atomic E-state index is 0.00457. The van der Waals surface area contributed by atoms with Crippen LogP contribution in [0, 0.1) is 10.8 Å². The second-order valence-corrected chi connectivity index (χ2v) is 26.0. The molecular weight excluding hydrogens is 829 g/mol. The Kier molecular flexibility index (Phi) is 6.97. The third kappa shape index (κ3) is 4.65. The Hall–Kier alpha value is -6.00. The van der Waals surface area contributed by atoms with E-state index in [9.17, 15) is 9.59 Å². The zero-order chi connectivity index (χ0) is 46.7. The lowest BCUT2D eigenvalue weighted by molar-refractivity contribution is 0.0726. The van der Waals surface area contributed by atoms with Gasteiger partial charge in [-0.3, -0.25) is 9.59 Å². The number of rotatable bonds is 0. The van der Waals surface area contributed by atoms with Crippen molar-refractivity contribution in [3.05, 3.63) is 118 Å². The summed E-state index contributed by atoms with van der Waals surface area (Å²) in [5.74, 6) is 0.653. The van der Waals surface area contributed by atoms with Crippen molar-refractivity contribution >= 4 is 109 Å². The molecule has 6 aliphatic rings. The number of fused-ring (bicyclic) bond motifs is 20. The van der Waals surface area contributed by atoms with Crippen LogP contribution in [0.2, 0.25) is 0 Å². The fraction of sp³-hybridized carbons (Fsp3) is 0.375. The number of carbonyl (C=O) groups is 2. The van der Waals surface area contributed by atoms with Gasteiger partial charge in [-0.25, -0.2) is 0 Å². The van der Waals surface area contributed by atoms with Crippen LogP contribution in [-0.4, -0.2) is 20.4 Å². The van der Waals surface area contributed by atoms with E-state index >= 15 is 0 Å². The third-order valence-electron chi connectivity index (χ3n) is 19.7. The van der Waals surface area contributed by atoms with Gasteiger partial charge in [0.15, 0.2) is 11.6 Å². The molecule has 2 fully saturated rings. The Labute approximate surface area is 397 Å². The highest BCUT2D eigenvalue weighted by Gasteiger charge is 2.50. The van der Waals surface area contributed by atoms with E-state index in [0.717, 1.165) is 73.5 Å². The van der Waals surface area contributed by atoms with Crippen LogP contribution in [0.15, 0.2) is 84.9 Å². The molecule has 0 saturated heterocycles. The summed E-state index contributed by atoms with van der Waals surface area (Å²) in [6.07, 6.45) is 7.97. The predicted octanol–water partition coefficient (Wildman–Crippen LogP) is 17.0. The van der Waals surface area contributed by atoms with Gasteiger partial charge in [0.2, 0.25) is 0 Å². The van der Waals surface area contributed by atoms with Crippen LogP contribution in [0.5, 0.6) is 0 Å². The molecule has 4 heteroatoms. The first-order valence-corrected chi connectivity index (χ1v) is 25.7. The number of ketones is 2. The van der Waals surface area contributed by atoms with E-state index in [4.69, 9.17) is 0 Å². The number of hydrogen-bond acceptors (Lipinski definition) is 2. The second-order valence-electron chi connectivity index (χ2n) is 26.0. The van der Waals surface area contributed by atoms with Crippen LogP contribution in [-0.2, 0) is 21.7 Å². The smallest absolute Gasteiger partial charge is 0.169 e. The molecule has 6 aliphatic carbocycles. The van der Waals surface area contributed by atoms with E-state index in [-0.39, 0.29) is 32.5 Å². The van der Waals surface area contributed by atoms with Gasteiger partial charge in [-0.2, -0.15) is 0 Å². The number of benzene rings is 7. The van der Waals surface area contributed by atoms with Gasteiger partial charge in [0, 0.05) is 65.0 Å². The molecule has 17 rings (SSSR count). The molecule has 338 valence electrons. The molecule has 7 aromatic carbocycles. The lowest BCUT2D eigenvalue weighted by Crippen LogP contribution is -2.33. The molecule has 0 atom stereocenters. The third-order valence-corrected chi connectivity index (χ3v) is 19.7. The summed E-state index contributed by atoms with van der Waals surface area (Å²) in [5, 5.41) is 15.1. The summed E-state index contributed by atoms with van der Waals surface area (Å²) in [6.45, 7) is 23.2. The van der Waals surface area contributed by atoms with Gasteiger partial charge in [0.05, 0.1) is 33.1 Å². The summed E-state index contributed by atoms with van der Waals surface area (Å²) in [6, 6.07) is 33.8. The van der Waals surface area contributed by atoms with Crippen molar-refractivity contribution in [2.45, 2.75) is 142 Å². The van der Waals surface area contributed by atoms with Crippen LogP contribution in [0.1, 0.15) is 164 Å². The summed E-state index contributed by atoms with van der Waals surface area (Å²) < 4.78 is 5.07. The van der Waals surface area contributed by atoms with E-state index in [0.29, 0.717) is 11.6 Å². The minimum atomic E-state index is -0.321. The van der Waals surface area contributed by atoms with E-state index < -0.39 is 0 Å². The van der Waals surface area contributed by atoms with Crippen LogP contribution >= 0.6 is 0 Å². The predicted molar refractivity (Wildman–Crippen MR) is 285 cm³/mol. The average molecular weight is 889 g/mol. The molecule has 0 spiro atoms. The van der Waals surface area contributed by atoms with Gasteiger partial charge in [0.25, 0.3) is 0 Å². The molecule has 68 heavy (non-hydrogen) atoms. The van der Waals surface area contributed by atoms with Crippen molar-refractivity contribution in [2.24, 2.45) is 10.8 Å². The standard InChI is InChI=1S/C64H60N2O2/c1-59(2,3)35-11-13-37-33(23-35)25-41-39-29-50-40(30-49(39)65-51-31-43-47(27-45(51)53(37)55(41)65)61(7)15-19-63(9,20-16-61)57(43)67)42-26-34-24-36(60(4,5)6)12-14-38(34)54-46-28-48-44(32-52(46)66(50)56(42)54)58(68)64(10)21-17-62(48,8)18-22-64/h11-14,23-32H,15-22H2,1-10H3. The molecule has 0 amide bonds. The Bertz CT molecular complexity index is 3920. The maximum atomic E-state index is 14.8. The SMILES string of the molecule is CC12CCC(C)(CC1)c1cc3c4c5ccc(C(C)(C)C)cc5cc5c6cc7c(cc6n(c3cc1C2=O)c54)c1cc2cc(C(C)(C)C)ccc2c2c3cc4c(cc3n7c12)C(=O)C1(C)CCC4(C)CC1. The first kappa shape index (κ1) is 39.9. The van der Waals surface area contributed by atoms with E-state index in [1.807, 2.05) is 0 Å². The highest BCUT2D eigenvalue weighted by molar-refractivity contribution is 6.36. The summed E-state index contributed by atoms with van der Waals surface area (Å²) >= 11 is 0. The molecule has 4 nitrogen and oxygen atoms in total. The maximum absolute atomic E-state index is 14.8. The fourth-order valence-corrected chi connectivity index (χ4v) is 14.9. The van der Waals surface area contributed by atoms with Gasteiger partial charge in [0.1, 0.15) is 0 Å². The number of Topliss-reactive ketones (excluding diaryl/α,β-unsaturated/α-hetero) is 2. The molecule has 2 saturated carbocycles. The monoisotopic (exact) mass is 888 g/mol. The Morgan fingerprint density at radius 2 is 0.735 bits per heavy atom. The fourth-order valence-electron chi connectivity index (χ4n) is 14.9. The van der Waals surface area contributed by atoms with Crippen molar-refractivity contribution in [3.63, 3.8) is 0 Å². The lowest BCUT2D eigenvalue weighted by Gasteiger charge is -2.38. The van der Waals surface area contributed by atoms with Crippen molar-refractivity contribution < 1.29 is 9.59 Å². The molecule has 0 unspecified atom stereocenters. The van der Waals surface area contributed by atoms with Crippen LogP contribution in [0.25, 0.3) is 97.7 Å². The summed E-state index contributed by atoms with van der Waals surface area (Å²) in [5.41, 5.74) is 13.4. The van der Waals surface area contributed by atoms with Crippen molar-refractivity contribution in [2.75, 3.05) is 0 Å². The Morgan fingerprint density at radius 1 is 0.382 bits per heavy atom.